The highest BCUT2D eigenvalue weighted by Crippen LogP contribution is 2.34. The summed E-state index contributed by atoms with van der Waals surface area (Å²) in [5, 5.41) is 22.3. The number of hydrogen-bond donors (Lipinski definition) is 3. The van der Waals surface area contributed by atoms with Crippen LogP contribution in [-0.4, -0.2) is 40.4 Å². The second-order valence-corrected chi connectivity index (χ2v) is 6.72. The van der Waals surface area contributed by atoms with Crippen molar-refractivity contribution in [1.82, 2.24) is 4.90 Å². The van der Waals surface area contributed by atoms with E-state index in [1.165, 1.54) is 12.1 Å². The van der Waals surface area contributed by atoms with E-state index >= 15 is 0 Å². The minimum Gasteiger partial charge on any atom is -0.465 e. The Morgan fingerprint density at radius 1 is 1.21 bits per heavy atom. The fourth-order valence-electron chi connectivity index (χ4n) is 3.27. The molecule has 0 aromatic heterocycles. The third-order valence-corrected chi connectivity index (χ3v) is 4.67. The summed E-state index contributed by atoms with van der Waals surface area (Å²) in [4.78, 5) is 24.1. The van der Waals surface area contributed by atoms with Gasteiger partial charge in [-0.1, -0.05) is 36.4 Å². The first-order valence-corrected chi connectivity index (χ1v) is 8.85. The van der Waals surface area contributed by atoms with Gasteiger partial charge in [0.05, 0.1) is 6.54 Å². The number of piperidine rings is 1. The normalized spacial score (nSPS) is 19.1. The van der Waals surface area contributed by atoms with E-state index in [0.717, 1.165) is 16.5 Å². The number of carboxylic acid groups (broad SMARTS) is 1. The van der Waals surface area contributed by atoms with Crippen molar-refractivity contribution in [2.24, 2.45) is 0 Å². The molecule has 8 heteroatoms. The molecule has 28 heavy (non-hydrogen) atoms. The van der Waals surface area contributed by atoms with Crippen LogP contribution in [0.3, 0.4) is 0 Å². The number of rotatable bonds is 4. The van der Waals surface area contributed by atoms with Crippen molar-refractivity contribution in [2.75, 3.05) is 18.4 Å². The fourth-order valence-corrected chi connectivity index (χ4v) is 3.27. The van der Waals surface area contributed by atoms with Crippen molar-refractivity contribution in [3.05, 3.63) is 65.5 Å². The zero-order valence-electron chi connectivity index (χ0n) is 15.1. The summed E-state index contributed by atoms with van der Waals surface area (Å²) in [6.45, 7) is 0.176. The Labute approximate surface area is 161 Å². The van der Waals surface area contributed by atoms with Crippen molar-refractivity contribution in [3.63, 3.8) is 0 Å². The Kier molecular flexibility index (Phi) is 5.79. The molecule has 2 amide bonds. The minimum atomic E-state index is -1.60. The predicted molar refractivity (Wildman–Crippen MR) is 99.4 cm³/mol. The van der Waals surface area contributed by atoms with Gasteiger partial charge in [-0.3, -0.25) is 5.32 Å². The maximum absolute atomic E-state index is 14.6. The van der Waals surface area contributed by atoms with Crippen LogP contribution in [0.25, 0.3) is 0 Å². The molecular formula is C20H21FN2O5. The molecule has 0 radical (unpaired) electrons. The Balaban J connectivity index is 1.65. The van der Waals surface area contributed by atoms with E-state index in [0.29, 0.717) is 13.0 Å². The average molecular weight is 388 g/mol. The van der Waals surface area contributed by atoms with E-state index in [2.05, 4.69) is 5.32 Å². The van der Waals surface area contributed by atoms with Crippen LogP contribution >= 0.6 is 0 Å². The van der Waals surface area contributed by atoms with Gasteiger partial charge in [-0.15, -0.1) is 0 Å². The van der Waals surface area contributed by atoms with Crippen molar-refractivity contribution in [1.29, 1.82) is 0 Å². The number of nitrogens with zero attached hydrogens (tertiary/aromatic N) is 1. The van der Waals surface area contributed by atoms with Gasteiger partial charge in [0.25, 0.3) is 0 Å². The lowest BCUT2D eigenvalue weighted by Gasteiger charge is -2.38. The molecular weight excluding hydrogens is 367 g/mol. The first-order valence-electron chi connectivity index (χ1n) is 8.85. The van der Waals surface area contributed by atoms with Crippen LogP contribution in [0.4, 0.5) is 19.7 Å². The number of anilines is 1. The van der Waals surface area contributed by atoms with E-state index in [9.17, 15) is 19.1 Å². The maximum Gasteiger partial charge on any atom is 0.411 e. The molecule has 2 aromatic rings. The van der Waals surface area contributed by atoms with Crippen molar-refractivity contribution in [3.8, 4) is 0 Å². The second kappa shape index (κ2) is 8.26. The van der Waals surface area contributed by atoms with Crippen LogP contribution in [0, 0.1) is 5.82 Å². The van der Waals surface area contributed by atoms with Gasteiger partial charge in [0.2, 0.25) is 0 Å². The van der Waals surface area contributed by atoms with E-state index in [1.807, 2.05) is 30.3 Å². The lowest BCUT2D eigenvalue weighted by Crippen LogP contribution is -2.48. The number of carbonyl (C=O) groups excluding carboxylic acids is 1. The molecule has 0 bridgehead atoms. The van der Waals surface area contributed by atoms with Crippen LogP contribution < -0.4 is 5.32 Å². The molecule has 1 fully saturated rings. The first-order chi connectivity index (χ1) is 13.4. The predicted octanol–water partition coefficient (Wildman–Crippen LogP) is 3.54. The molecule has 7 nitrogen and oxygen atoms in total. The van der Waals surface area contributed by atoms with Gasteiger partial charge in [-0.25, -0.2) is 14.0 Å². The second-order valence-electron chi connectivity index (χ2n) is 6.72. The van der Waals surface area contributed by atoms with Gasteiger partial charge in [0.1, 0.15) is 18.0 Å². The van der Waals surface area contributed by atoms with Gasteiger partial charge < -0.3 is 19.8 Å². The molecule has 1 aliphatic rings. The smallest absolute Gasteiger partial charge is 0.411 e. The quantitative estimate of drug-likeness (QED) is 0.744. The largest absolute Gasteiger partial charge is 0.465 e. The average Bonchev–Trinajstić information content (AvgIpc) is 2.67. The number of aliphatic hydroxyl groups is 1. The number of hydrogen-bond acceptors (Lipinski definition) is 4. The Bertz CT molecular complexity index is 861. The Morgan fingerprint density at radius 3 is 2.64 bits per heavy atom. The summed E-state index contributed by atoms with van der Waals surface area (Å²) in [6, 6.07) is 13.0. The molecule has 0 saturated carbocycles. The number of β-amino-alcohol motifs (C(OH)–C–C–N with tert-alkyl or cyclic N) is 1. The molecule has 0 spiro atoms. The summed E-state index contributed by atoms with van der Waals surface area (Å²) < 4.78 is 19.7. The number of ether oxygens (including phenoxy) is 1. The lowest BCUT2D eigenvalue weighted by atomic mass is 9.85. The Hall–Kier alpha value is -3.13. The molecule has 1 heterocycles. The standard InChI is InChI=1S/C20H21FN2O5/c21-17-11-15(22-18(24)28-12-14-5-2-1-3-6-14)7-8-16(17)20(27)9-4-10-23(13-20)19(25)26/h1-3,5-8,11,27H,4,9-10,12-13H2,(H,22,24)(H,25,26). The van der Waals surface area contributed by atoms with Crippen LogP contribution in [0.5, 0.6) is 0 Å². The number of amides is 2. The fraction of sp³-hybridized carbons (Fsp3) is 0.300. The van der Waals surface area contributed by atoms with E-state index < -0.39 is 23.6 Å². The van der Waals surface area contributed by atoms with E-state index in [-0.39, 0.29) is 30.8 Å². The van der Waals surface area contributed by atoms with Crippen LogP contribution in [0.15, 0.2) is 48.5 Å². The Morgan fingerprint density at radius 2 is 1.96 bits per heavy atom. The number of halogens is 1. The third-order valence-electron chi connectivity index (χ3n) is 4.67. The molecule has 2 aromatic carbocycles. The number of benzene rings is 2. The number of carbonyl (C=O) groups is 2. The van der Waals surface area contributed by atoms with Gasteiger partial charge in [0, 0.05) is 17.8 Å². The van der Waals surface area contributed by atoms with E-state index in [1.54, 1.807) is 0 Å². The summed E-state index contributed by atoms with van der Waals surface area (Å²) >= 11 is 0. The topological polar surface area (TPSA) is 99.1 Å². The highest BCUT2D eigenvalue weighted by molar-refractivity contribution is 5.84. The zero-order valence-corrected chi connectivity index (χ0v) is 15.1. The summed E-state index contributed by atoms with van der Waals surface area (Å²) in [7, 11) is 0. The molecule has 1 unspecified atom stereocenters. The van der Waals surface area contributed by atoms with Gasteiger partial charge >= 0.3 is 12.2 Å². The van der Waals surface area contributed by atoms with Gasteiger partial charge in [-0.05, 0) is 30.5 Å². The summed E-state index contributed by atoms with van der Waals surface area (Å²) in [6.07, 6.45) is -1.21. The van der Waals surface area contributed by atoms with E-state index in [4.69, 9.17) is 9.84 Å². The summed E-state index contributed by atoms with van der Waals surface area (Å²) in [5.74, 6) is -0.726. The molecule has 0 aliphatic carbocycles. The highest BCUT2D eigenvalue weighted by atomic mass is 19.1. The third kappa shape index (κ3) is 4.58. The van der Waals surface area contributed by atoms with Crippen molar-refractivity contribution >= 4 is 17.9 Å². The van der Waals surface area contributed by atoms with Crippen molar-refractivity contribution < 1.29 is 28.9 Å². The highest BCUT2D eigenvalue weighted by Gasteiger charge is 2.38. The van der Waals surface area contributed by atoms with Gasteiger partial charge in [0.15, 0.2) is 0 Å². The van der Waals surface area contributed by atoms with Crippen molar-refractivity contribution in [2.45, 2.75) is 25.0 Å². The molecule has 1 atom stereocenters. The maximum atomic E-state index is 14.6. The lowest BCUT2D eigenvalue weighted by molar-refractivity contribution is -0.0319. The molecule has 3 N–H and O–H groups in total. The zero-order chi connectivity index (χ0) is 20.1. The molecule has 1 saturated heterocycles. The summed E-state index contributed by atoms with van der Waals surface area (Å²) in [5.41, 5.74) is -0.607. The molecule has 3 rings (SSSR count). The van der Waals surface area contributed by atoms with Crippen LogP contribution in [0.2, 0.25) is 0 Å². The number of nitrogens with one attached hydrogen (secondary N) is 1. The first kappa shape index (κ1) is 19.6. The minimum absolute atomic E-state index is 0.00153. The van der Waals surface area contributed by atoms with Gasteiger partial charge in [-0.2, -0.15) is 0 Å². The SMILES string of the molecule is O=C(Nc1ccc(C2(O)CCCN(C(=O)O)C2)c(F)c1)OCc1ccccc1. The molecule has 148 valence electrons. The number of likely N-dealkylation sites (tertiary alicyclic amines) is 1. The van der Waals surface area contributed by atoms with Crippen LogP contribution in [-0.2, 0) is 16.9 Å². The molecule has 1 aliphatic heterocycles. The van der Waals surface area contributed by atoms with Crippen LogP contribution in [0.1, 0.15) is 24.0 Å². The monoisotopic (exact) mass is 388 g/mol.